The van der Waals surface area contributed by atoms with Gasteiger partial charge in [-0.1, -0.05) is 18.2 Å². The van der Waals surface area contributed by atoms with Crippen molar-refractivity contribution in [3.63, 3.8) is 0 Å². The maximum atomic E-state index is 12.1. The summed E-state index contributed by atoms with van der Waals surface area (Å²) in [7, 11) is 0. The Hall–Kier alpha value is -2.83. The van der Waals surface area contributed by atoms with E-state index in [9.17, 15) is 14.4 Å². The Morgan fingerprint density at radius 3 is 2.67 bits per heavy atom. The molecule has 1 aliphatic heterocycles. The number of hydrogen-bond donors (Lipinski definition) is 2. The molecule has 2 heterocycles. The number of rotatable bonds is 5. The number of benzene rings is 1. The molecule has 0 spiro atoms. The van der Waals surface area contributed by atoms with Crippen molar-refractivity contribution in [3.05, 3.63) is 36.0 Å². The Bertz CT molecular complexity index is 747. The van der Waals surface area contributed by atoms with Gasteiger partial charge in [-0.15, -0.1) is 0 Å². The van der Waals surface area contributed by atoms with E-state index in [2.05, 4.69) is 10.3 Å². The molecule has 1 aromatic heterocycles. The van der Waals surface area contributed by atoms with Gasteiger partial charge in [0.1, 0.15) is 0 Å². The third-order valence-electron chi connectivity index (χ3n) is 4.28. The molecule has 3 rings (SSSR count). The molecule has 3 amide bonds. The van der Waals surface area contributed by atoms with E-state index in [0.717, 1.165) is 22.9 Å². The molecule has 0 saturated carbocycles. The lowest BCUT2D eigenvalue weighted by Crippen LogP contribution is -2.50. The highest BCUT2D eigenvalue weighted by molar-refractivity contribution is 5.90. The van der Waals surface area contributed by atoms with Crippen LogP contribution in [0, 0.1) is 0 Å². The van der Waals surface area contributed by atoms with E-state index in [4.69, 9.17) is 0 Å². The minimum Gasteiger partial charge on any atom is -0.361 e. The molecule has 1 aliphatic rings. The largest absolute Gasteiger partial charge is 0.361 e. The highest BCUT2D eigenvalue weighted by Gasteiger charge is 2.20. The van der Waals surface area contributed by atoms with E-state index >= 15 is 0 Å². The monoisotopic (exact) mass is 328 g/mol. The Balaban J connectivity index is 1.49. The molecule has 2 N–H and O–H groups in total. The van der Waals surface area contributed by atoms with E-state index < -0.39 is 0 Å². The first-order valence-electron chi connectivity index (χ1n) is 7.96. The first-order chi connectivity index (χ1) is 11.7. The predicted octanol–water partition coefficient (Wildman–Crippen LogP) is 0.127. The summed E-state index contributed by atoms with van der Waals surface area (Å²) in [4.78, 5) is 41.3. The van der Waals surface area contributed by atoms with Crippen molar-refractivity contribution in [1.29, 1.82) is 0 Å². The maximum Gasteiger partial charge on any atom is 0.242 e. The van der Waals surface area contributed by atoms with Crippen molar-refractivity contribution in [2.75, 3.05) is 32.7 Å². The van der Waals surface area contributed by atoms with Crippen LogP contribution in [0.2, 0.25) is 0 Å². The number of aromatic nitrogens is 1. The van der Waals surface area contributed by atoms with Crippen LogP contribution in [0.25, 0.3) is 10.9 Å². The number of carbonyl (C=O) groups excluding carboxylic acids is 3. The number of para-hydroxylation sites is 1. The van der Waals surface area contributed by atoms with Crippen molar-refractivity contribution in [2.45, 2.75) is 6.42 Å². The Morgan fingerprint density at radius 1 is 1.17 bits per heavy atom. The smallest absolute Gasteiger partial charge is 0.242 e. The average molecular weight is 328 g/mol. The second-order valence-corrected chi connectivity index (χ2v) is 5.84. The molecule has 7 nitrogen and oxygen atoms in total. The molecule has 0 bridgehead atoms. The van der Waals surface area contributed by atoms with Gasteiger partial charge in [-0.05, 0) is 11.6 Å². The highest BCUT2D eigenvalue weighted by Crippen LogP contribution is 2.17. The molecule has 24 heavy (non-hydrogen) atoms. The molecule has 1 aromatic carbocycles. The highest BCUT2D eigenvalue weighted by atomic mass is 16.2. The van der Waals surface area contributed by atoms with E-state index in [-0.39, 0.29) is 24.8 Å². The fourth-order valence-electron chi connectivity index (χ4n) is 2.88. The molecule has 1 fully saturated rings. The van der Waals surface area contributed by atoms with Crippen LogP contribution < -0.4 is 5.32 Å². The van der Waals surface area contributed by atoms with Gasteiger partial charge in [-0.3, -0.25) is 14.4 Å². The number of aromatic amines is 1. The molecular weight excluding hydrogens is 308 g/mol. The summed E-state index contributed by atoms with van der Waals surface area (Å²) in [5, 5.41) is 3.70. The van der Waals surface area contributed by atoms with Crippen molar-refractivity contribution < 1.29 is 14.4 Å². The normalized spacial score (nSPS) is 14.7. The van der Waals surface area contributed by atoms with Crippen LogP contribution in [0.4, 0.5) is 0 Å². The van der Waals surface area contributed by atoms with Crippen molar-refractivity contribution in [1.82, 2.24) is 20.1 Å². The van der Waals surface area contributed by atoms with Gasteiger partial charge in [-0.2, -0.15) is 0 Å². The van der Waals surface area contributed by atoms with Crippen LogP contribution >= 0.6 is 0 Å². The quantitative estimate of drug-likeness (QED) is 0.765. The van der Waals surface area contributed by atoms with Gasteiger partial charge in [0.15, 0.2) is 0 Å². The van der Waals surface area contributed by atoms with Gasteiger partial charge in [-0.25, -0.2) is 0 Å². The second kappa shape index (κ2) is 7.16. The number of fused-ring (bicyclic) bond motifs is 1. The van der Waals surface area contributed by atoms with Gasteiger partial charge in [0.05, 0.1) is 13.0 Å². The zero-order valence-electron chi connectivity index (χ0n) is 13.3. The maximum absolute atomic E-state index is 12.1. The summed E-state index contributed by atoms with van der Waals surface area (Å²) in [5.41, 5.74) is 1.90. The van der Waals surface area contributed by atoms with Gasteiger partial charge >= 0.3 is 0 Å². The first kappa shape index (κ1) is 16.0. The summed E-state index contributed by atoms with van der Waals surface area (Å²) in [6.07, 6.45) is 2.85. The van der Waals surface area contributed by atoms with Crippen LogP contribution in [-0.4, -0.2) is 65.7 Å². The lowest BCUT2D eigenvalue weighted by Gasteiger charge is -2.32. The summed E-state index contributed by atoms with van der Waals surface area (Å²) in [6.45, 7) is 2.09. The molecule has 0 atom stereocenters. The van der Waals surface area contributed by atoms with Crippen molar-refractivity contribution in [3.8, 4) is 0 Å². The topological polar surface area (TPSA) is 85.5 Å². The standard InChI is InChI=1S/C17H20N4O3/c22-12-20-5-7-21(8-6-20)17(24)11-19-16(23)9-13-10-18-15-4-2-1-3-14(13)15/h1-4,10,12,18H,5-9,11H2,(H,19,23). The van der Waals surface area contributed by atoms with Gasteiger partial charge in [0.2, 0.25) is 18.2 Å². The summed E-state index contributed by atoms with van der Waals surface area (Å²) in [5.74, 6) is -0.299. The number of nitrogens with zero attached hydrogens (tertiary/aromatic N) is 2. The second-order valence-electron chi connectivity index (χ2n) is 5.84. The minimum atomic E-state index is -0.181. The molecule has 0 aliphatic carbocycles. The number of carbonyl (C=O) groups is 3. The zero-order chi connectivity index (χ0) is 16.9. The van der Waals surface area contributed by atoms with Crippen LogP contribution in [0.5, 0.6) is 0 Å². The Morgan fingerprint density at radius 2 is 1.92 bits per heavy atom. The van der Waals surface area contributed by atoms with Crippen LogP contribution in [0.3, 0.4) is 0 Å². The van der Waals surface area contributed by atoms with Crippen molar-refractivity contribution in [2.24, 2.45) is 0 Å². The molecule has 7 heteroatoms. The first-order valence-corrected chi connectivity index (χ1v) is 7.96. The van der Waals surface area contributed by atoms with E-state index in [1.807, 2.05) is 30.5 Å². The van der Waals surface area contributed by atoms with Crippen LogP contribution in [0.15, 0.2) is 30.5 Å². The summed E-state index contributed by atoms with van der Waals surface area (Å²) < 4.78 is 0. The summed E-state index contributed by atoms with van der Waals surface area (Å²) >= 11 is 0. The third-order valence-corrected chi connectivity index (χ3v) is 4.28. The van der Waals surface area contributed by atoms with E-state index in [0.29, 0.717) is 26.2 Å². The van der Waals surface area contributed by atoms with Gasteiger partial charge < -0.3 is 20.1 Å². The fraction of sp³-hybridized carbons (Fsp3) is 0.353. The predicted molar refractivity (Wildman–Crippen MR) is 89.2 cm³/mol. The number of H-pyrrole nitrogens is 1. The van der Waals surface area contributed by atoms with E-state index in [1.54, 1.807) is 9.80 Å². The SMILES string of the molecule is O=CN1CCN(C(=O)CNC(=O)Cc2c[nH]c3ccccc23)CC1. The number of hydrogen-bond acceptors (Lipinski definition) is 3. The molecule has 1 saturated heterocycles. The molecule has 0 radical (unpaired) electrons. The Kier molecular flexibility index (Phi) is 4.79. The van der Waals surface area contributed by atoms with Gasteiger partial charge in [0.25, 0.3) is 0 Å². The van der Waals surface area contributed by atoms with Crippen LogP contribution in [0.1, 0.15) is 5.56 Å². The number of nitrogens with one attached hydrogen (secondary N) is 2. The minimum absolute atomic E-state index is 0.0116. The molecule has 126 valence electrons. The number of amides is 3. The molecule has 0 unspecified atom stereocenters. The fourth-order valence-corrected chi connectivity index (χ4v) is 2.88. The summed E-state index contributed by atoms with van der Waals surface area (Å²) in [6, 6.07) is 7.79. The van der Waals surface area contributed by atoms with Gasteiger partial charge in [0, 0.05) is 43.3 Å². The number of piperazine rings is 1. The zero-order valence-corrected chi connectivity index (χ0v) is 13.3. The van der Waals surface area contributed by atoms with Crippen LogP contribution in [-0.2, 0) is 20.8 Å². The lowest BCUT2D eigenvalue weighted by atomic mass is 10.1. The third kappa shape index (κ3) is 3.56. The molecular formula is C17H20N4O3. The molecule has 2 aromatic rings. The van der Waals surface area contributed by atoms with E-state index in [1.165, 1.54) is 0 Å². The average Bonchev–Trinajstić information content (AvgIpc) is 3.03. The Labute approximate surface area is 139 Å². The van der Waals surface area contributed by atoms with Crippen molar-refractivity contribution >= 4 is 29.1 Å². The lowest BCUT2D eigenvalue weighted by molar-refractivity contribution is -0.135.